The van der Waals surface area contributed by atoms with Crippen LogP contribution in [0.2, 0.25) is 0 Å². The van der Waals surface area contributed by atoms with Crippen molar-refractivity contribution in [3.63, 3.8) is 0 Å². The van der Waals surface area contributed by atoms with Gasteiger partial charge in [-0.15, -0.1) is 0 Å². The lowest BCUT2D eigenvalue weighted by Gasteiger charge is -2.05. The smallest absolute Gasteiger partial charge is 0.181 e. The summed E-state index contributed by atoms with van der Waals surface area (Å²) in [6.45, 7) is 1.91. The molecular formula is C12H12N6S. The Labute approximate surface area is 113 Å². The molecule has 0 bridgehead atoms. The van der Waals surface area contributed by atoms with Crippen molar-refractivity contribution in [2.24, 2.45) is 5.73 Å². The van der Waals surface area contributed by atoms with Crippen LogP contribution >= 0.6 is 11.8 Å². The number of aromatic amines is 1. The van der Waals surface area contributed by atoms with Gasteiger partial charge in [0, 0.05) is 17.1 Å². The molecule has 3 N–H and O–H groups in total. The standard InChI is InChI=1S/C12H12N6S/c1-7(13)9-3-2-8(4-14-9)19-12-10-11(16-5-15-10)17-6-18-12/h2-7H,13H2,1H3,(H,15,16,17,18)/t7-/m1/s1. The van der Waals surface area contributed by atoms with Gasteiger partial charge in [0.05, 0.1) is 12.0 Å². The second-order valence-corrected chi connectivity index (χ2v) is 5.15. The highest BCUT2D eigenvalue weighted by molar-refractivity contribution is 7.99. The van der Waals surface area contributed by atoms with Crippen molar-refractivity contribution in [3.05, 3.63) is 36.7 Å². The molecule has 0 aliphatic heterocycles. The molecule has 6 nitrogen and oxygen atoms in total. The Hall–Kier alpha value is -1.99. The predicted octanol–water partition coefficient (Wildman–Crippen LogP) is 1.92. The summed E-state index contributed by atoms with van der Waals surface area (Å²) in [4.78, 5) is 20.8. The van der Waals surface area contributed by atoms with Gasteiger partial charge in [-0.25, -0.2) is 15.0 Å². The van der Waals surface area contributed by atoms with Crippen LogP contribution in [0.25, 0.3) is 11.2 Å². The quantitative estimate of drug-likeness (QED) is 0.707. The minimum atomic E-state index is -0.0579. The first-order chi connectivity index (χ1) is 9.24. The SMILES string of the molecule is C[C@@H](N)c1ccc(Sc2ncnc3nc[nH]c23)cn1. The summed E-state index contributed by atoms with van der Waals surface area (Å²) < 4.78 is 0. The molecule has 7 heteroatoms. The Morgan fingerprint density at radius 3 is 2.84 bits per heavy atom. The highest BCUT2D eigenvalue weighted by Gasteiger charge is 2.08. The van der Waals surface area contributed by atoms with Crippen LogP contribution in [0, 0.1) is 0 Å². The summed E-state index contributed by atoms with van der Waals surface area (Å²) in [7, 11) is 0. The molecule has 0 aliphatic rings. The molecule has 3 aromatic rings. The molecule has 0 saturated heterocycles. The Morgan fingerprint density at radius 2 is 2.11 bits per heavy atom. The Kier molecular flexibility index (Phi) is 3.14. The lowest BCUT2D eigenvalue weighted by atomic mass is 10.2. The Bertz CT molecular complexity index is 691. The van der Waals surface area contributed by atoms with E-state index in [1.807, 2.05) is 19.1 Å². The maximum absolute atomic E-state index is 5.77. The number of nitrogens with zero attached hydrogens (tertiary/aromatic N) is 4. The van der Waals surface area contributed by atoms with E-state index in [9.17, 15) is 0 Å². The number of rotatable bonds is 3. The molecule has 0 aromatic carbocycles. The summed E-state index contributed by atoms with van der Waals surface area (Å²) in [5.41, 5.74) is 8.15. The van der Waals surface area contributed by atoms with E-state index in [4.69, 9.17) is 5.73 Å². The van der Waals surface area contributed by atoms with E-state index >= 15 is 0 Å². The van der Waals surface area contributed by atoms with Crippen molar-refractivity contribution < 1.29 is 0 Å². The summed E-state index contributed by atoms with van der Waals surface area (Å²) in [5, 5.41) is 0.831. The molecule has 0 spiro atoms. The molecule has 3 rings (SSSR count). The summed E-state index contributed by atoms with van der Waals surface area (Å²) in [6, 6.07) is 3.86. The molecule has 19 heavy (non-hydrogen) atoms. The van der Waals surface area contributed by atoms with Crippen molar-refractivity contribution in [1.82, 2.24) is 24.9 Å². The normalized spacial score (nSPS) is 12.7. The van der Waals surface area contributed by atoms with E-state index in [1.54, 1.807) is 12.5 Å². The first-order valence-corrected chi connectivity index (χ1v) is 6.59. The van der Waals surface area contributed by atoms with Gasteiger partial charge in [0.25, 0.3) is 0 Å². The van der Waals surface area contributed by atoms with Crippen LogP contribution in [0.5, 0.6) is 0 Å². The molecule has 96 valence electrons. The topological polar surface area (TPSA) is 93.4 Å². The molecule has 1 atom stereocenters. The first kappa shape index (κ1) is 12.1. The number of hydrogen-bond donors (Lipinski definition) is 2. The number of nitrogens with one attached hydrogen (secondary N) is 1. The average molecular weight is 272 g/mol. The fourth-order valence-corrected chi connectivity index (χ4v) is 2.47. The summed E-state index contributed by atoms with van der Waals surface area (Å²) in [6.07, 6.45) is 4.92. The molecule has 0 aliphatic carbocycles. The Morgan fingerprint density at radius 1 is 1.21 bits per heavy atom. The number of imidazole rings is 1. The zero-order valence-electron chi connectivity index (χ0n) is 10.2. The van der Waals surface area contributed by atoms with Gasteiger partial charge in [0.2, 0.25) is 0 Å². The fraction of sp³-hybridized carbons (Fsp3) is 0.167. The van der Waals surface area contributed by atoms with Crippen molar-refractivity contribution in [2.75, 3.05) is 0 Å². The molecule has 0 unspecified atom stereocenters. The molecule has 0 saturated carbocycles. The van der Waals surface area contributed by atoms with Gasteiger partial charge < -0.3 is 10.7 Å². The van der Waals surface area contributed by atoms with E-state index < -0.39 is 0 Å². The van der Waals surface area contributed by atoms with Crippen molar-refractivity contribution >= 4 is 22.9 Å². The number of fused-ring (bicyclic) bond motifs is 1. The van der Waals surface area contributed by atoms with Crippen molar-refractivity contribution in [1.29, 1.82) is 0 Å². The van der Waals surface area contributed by atoms with Gasteiger partial charge in [0.1, 0.15) is 16.9 Å². The van der Waals surface area contributed by atoms with Crippen LogP contribution in [0.1, 0.15) is 18.7 Å². The minimum Gasteiger partial charge on any atom is -0.341 e. The zero-order valence-corrected chi connectivity index (χ0v) is 11.1. The van der Waals surface area contributed by atoms with Gasteiger partial charge in [-0.3, -0.25) is 4.98 Å². The molecule has 3 aromatic heterocycles. The van der Waals surface area contributed by atoms with E-state index in [-0.39, 0.29) is 6.04 Å². The monoisotopic (exact) mass is 272 g/mol. The van der Waals surface area contributed by atoms with Gasteiger partial charge in [-0.1, -0.05) is 11.8 Å². The fourth-order valence-electron chi connectivity index (χ4n) is 1.65. The number of nitrogens with two attached hydrogens (primary N) is 1. The number of hydrogen-bond acceptors (Lipinski definition) is 6. The lowest BCUT2D eigenvalue weighted by Crippen LogP contribution is -2.06. The number of aromatic nitrogens is 5. The maximum Gasteiger partial charge on any atom is 0.181 e. The highest BCUT2D eigenvalue weighted by Crippen LogP contribution is 2.29. The third-order valence-electron chi connectivity index (χ3n) is 2.63. The minimum absolute atomic E-state index is 0.0579. The van der Waals surface area contributed by atoms with Gasteiger partial charge in [0.15, 0.2) is 5.65 Å². The van der Waals surface area contributed by atoms with E-state index in [2.05, 4.69) is 24.9 Å². The predicted molar refractivity (Wildman–Crippen MR) is 72.6 cm³/mol. The van der Waals surface area contributed by atoms with Crippen molar-refractivity contribution in [2.45, 2.75) is 22.9 Å². The van der Waals surface area contributed by atoms with Crippen LogP contribution in [-0.2, 0) is 0 Å². The number of pyridine rings is 1. The van der Waals surface area contributed by atoms with Gasteiger partial charge in [-0.05, 0) is 19.1 Å². The highest BCUT2D eigenvalue weighted by atomic mass is 32.2. The van der Waals surface area contributed by atoms with Crippen LogP contribution < -0.4 is 5.73 Å². The van der Waals surface area contributed by atoms with Gasteiger partial charge >= 0.3 is 0 Å². The molecule has 0 amide bonds. The number of H-pyrrole nitrogens is 1. The molecule has 0 fully saturated rings. The summed E-state index contributed by atoms with van der Waals surface area (Å²) >= 11 is 1.52. The molecular weight excluding hydrogens is 260 g/mol. The van der Waals surface area contributed by atoms with Crippen molar-refractivity contribution in [3.8, 4) is 0 Å². The van der Waals surface area contributed by atoms with Crippen LogP contribution in [-0.4, -0.2) is 24.9 Å². The van der Waals surface area contributed by atoms with E-state index in [1.165, 1.54) is 18.1 Å². The summed E-state index contributed by atoms with van der Waals surface area (Å²) in [5.74, 6) is 0. The van der Waals surface area contributed by atoms with Crippen LogP contribution in [0.4, 0.5) is 0 Å². The second-order valence-electron chi connectivity index (χ2n) is 4.09. The van der Waals surface area contributed by atoms with Crippen LogP contribution in [0.15, 0.2) is 40.9 Å². The first-order valence-electron chi connectivity index (χ1n) is 5.77. The molecule has 0 radical (unpaired) electrons. The second kappa shape index (κ2) is 4.94. The third-order valence-corrected chi connectivity index (χ3v) is 3.61. The maximum atomic E-state index is 5.77. The lowest BCUT2D eigenvalue weighted by molar-refractivity contribution is 0.777. The third kappa shape index (κ3) is 2.42. The molecule has 3 heterocycles. The average Bonchev–Trinajstić information content (AvgIpc) is 2.89. The van der Waals surface area contributed by atoms with E-state index in [0.29, 0.717) is 5.65 Å². The van der Waals surface area contributed by atoms with E-state index in [0.717, 1.165) is 21.1 Å². The van der Waals surface area contributed by atoms with Gasteiger partial charge in [-0.2, -0.15) is 0 Å². The Balaban J connectivity index is 1.90. The largest absolute Gasteiger partial charge is 0.341 e. The zero-order chi connectivity index (χ0) is 13.2. The van der Waals surface area contributed by atoms with Crippen LogP contribution in [0.3, 0.4) is 0 Å².